The molecule has 0 fully saturated rings. The predicted octanol–water partition coefficient (Wildman–Crippen LogP) is 1.31. The average molecular weight is 315 g/mol. The van der Waals surface area contributed by atoms with E-state index in [-0.39, 0.29) is 17.6 Å². The zero-order chi connectivity index (χ0) is 15.9. The molecule has 0 amide bonds. The molecule has 7 heteroatoms. The standard InChI is InChI=1S/C14H22FN3O2S/c1-11(8-9-21(3,19)20)18-14(16-2)17-10-12-4-6-13(15)7-5-12/h4-7,11H,8-10H2,1-3H3,(H2,16,17,18). The van der Waals surface area contributed by atoms with Gasteiger partial charge in [-0.1, -0.05) is 12.1 Å². The number of guanidine groups is 1. The molecule has 1 aromatic rings. The maximum absolute atomic E-state index is 12.8. The molecule has 5 nitrogen and oxygen atoms in total. The molecule has 0 aliphatic heterocycles. The van der Waals surface area contributed by atoms with Crippen LogP contribution >= 0.6 is 0 Å². The minimum atomic E-state index is -2.96. The van der Waals surface area contributed by atoms with E-state index >= 15 is 0 Å². The highest BCUT2D eigenvalue weighted by Crippen LogP contribution is 2.02. The monoisotopic (exact) mass is 315 g/mol. The number of aliphatic imine (C=N–C) groups is 1. The fourth-order valence-corrected chi connectivity index (χ4v) is 2.46. The Morgan fingerprint density at radius 1 is 1.33 bits per heavy atom. The first-order valence-electron chi connectivity index (χ1n) is 6.69. The third kappa shape index (κ3) is 7.65. The van der Waals surface area contributed by atoms with Crippen LogP contribution in [-0.2, 0) is 16.4 Å². The summed E-state index contributed by atoms with van der Waals surface area (Å²) in [6.45, 7) is 2.41. The van der Waals surface area contributed by atoms with Gasteiger partial charge in [0.25, 0.3) is 0 Å². The summed E-state index contributed by atoms with van der Waals surface area (Å²) >= 11 is 0. The van der Waals surface area contributed by atoms with Crippen molar-refractivity contribution in [3.63, 3.8) is 0 Å². The fourth-order valence-electron chi connectivity index (χ4n) is 1.68. The first-order valence-corrected chi connectivity index (χ1v) is 8.75. The van der Waals surface area contributed by atoms with Crippen LogP contribution in [0.3, 0.4) is 0 Å². The topological polar surface area (TPSA) is 70.6 Å². The summed E-state index contributed by atoms with van der Waals surface area (Å²) in [5, 5.41) is 6.22. The first kappa shape index (κ1) is 17.4. The number of halogens is 1. The third-order valence-corrected chi connectivity index (χ3v) is 3.88. The van der Waals surface area contributed by atoms with E-state index in [2.05, 4.69) is 15.6 Å². The quantitative estimate of drug-likeness (QED) is 0.613. The van der Waals surface area contributed by atoms with Gasteiger partial charge in [-0.3, -0.25) is 4.99 Å². The maximum Gasteiger partial charge on any atom is 0.191 e. The van der Waals surface area contributed by atoms with Crippen LogP contribution in [0.1, 0.15) is 18.9 Å². The fraction of sp³-hybridized carbons (Fsp3) is 0.500. The molecule has 118 valence electrons. The summed E-state index contributed by atoms with van der Waals surface area (Å²) in [7, 11) is -1.31. The summed E-state index contributed by atoms with van der Waals surface area (Å²) < 4.78 is 35.0. The molecule has 2 N–H and O–H groups in total. The average Bonchev–Trinajstić information content (AvgIpc) is 2.42. The molecule has 0 saturated heterocycles. The van der Waals surface area contributed by atoms with E-state index in [9.17, 15) is 12.8 Å². The Balaban J connectivity index is 2.43. The molecule has 0 aliphatic carbocycles. The molecule has 1 rings (SSSR count). The summed E-state index contributed by atoms with van der Waals surface area (Å²) in [5.74, 6) is 0.451. The second-order valence-corrected chi connectivity index (χ2v) is 7.28. The molecule has 0 aliphatic rings. The molecule has 0 radical (unpaired) electrons. The van der Waals surface area contributed by atoms with Crippen molar-refractivity contribution >= 4 is 15.8 Å². The molecule has 0 bridgehead atoms. The summed E-state index contributed by atoms with van der Waals surface area (Å²) in [6.07, 6.45) is 1.73. The number of rotatable bonds is 6. The van der Waals surface area contributed by atoms with Gasteiger partial charge in [-0.15, -0.1) is 0 Å². The Labute approximate surface area is 125 Å². The summed E-state index contributed by atoms with van der Waals surface area (Å²) in [5.41, 5.74) is 0.933. The van der Waals surface area contributed by atoms with Crippen LogP contribution in [-0.4, -0.2) is 39.5 Å². The van der Waals surface area contributed by atoms with Crippen molar-refractivity contribution in [2.24, 2.45) is 4.99 Å². The van der Waals surface area contributed by atoms with E-state index < -0.39 is 9.84 Å². The number of hydrogen-bond donors (Lipinski definition) is 2. The molecule has 1 aromatic carbocycles. The van der Waals surface area contributed by atoms with Crippen molar-refractivity contribution in [2.75, 3.05) is 19.1 Å². The smallest absolute Gasteiger partial charge is 0.191 e. The number of hydrogen-bond acceptors (Lipinski definition) is 3. The zero-order valence-electron chi connectivity index (χ0n) is 12.6. The lowest BCUT2D eigenvalue weighted by molar-refractivity contribution is 0.581. The molecule has 1 unspecified atom stereocenters. The SMILES string of the molecule is CN=C(NCc1ccc(F)cc1)NC(C)CCS(C)(=O)=O. The van der Waals surface area contributed by atoms with E-state index in [0.717, 1.165) is 5.56 Å². The van der Waals surface area contributed by atoms with E-state index in [4.69, 9.17) is 0 Å². The lowest BCUT2D eigenvalue weighted by Crippen LogP contribution is -2.42. The van der Waals surface area contributed by atoms with Gasteiger partial charge < -0.3 is 10.6 Å². The largest absolute Gasteiger partial charge is 0.354 e. The van der Waals surface area contributed by atoms with Crippen LogP contribution in [0.25, 0.3) is 0 Å². The van der Waals surface area contributed by atoms with Crippen LogP contribution in [0.5, 0.6) is 0 Å². The van der Waals surface area contributed by atoms with Gasteiger partial charge in [0, 0.05) is 25.9 Å². The Bertz CT molecular complexity index is 570. The second-order valence-electron chi connectivity index (χ2n) is 5.02. The van der Waals surface area contributed by atoms with Crippen molar-refractivity contribution in [3.8, 4) is 0 Å². The van der Waals surface area contributed by atoms with Gasteiger partial charge in [-0.05, 0) is 31.0 Å². The molecule has 1 atom stereocenters. The molecule has 0 saturated carbocycles. The molecule has 0 aromatic heterocycles. The van der Waals surface area contributed by atoms with Crippen LogP contribution in [0.4, 0.5) is 4.39 Å². The Morgan fingerprint density at radius 2 is 1.95 bits per heavy atom. The second kappa shape index (κ2) is 7.97. The van der Waals surface area contributed by atoms with Gasteiger partial charge in [-0.25, -0.2) is 12.8 Å². The Kier molecular flexibility index (Phi) is 6.61. The number of nitrogens with zero attached hydrogens (tertiary/aromatic N) is 1. The van der Waals surface area contributed by atoms with Crippen LogP contribution in [0.2, 0.25) is 0 Å². The predicted molar refractivity (Wildman–Crippen MR) is 83.5 cm³/mol. The van der Waals surface area contributed by atoms with Gasteiger partial charge in [0.15, 0.2) is 5.96 Å². The highest BCUT2D eigenvalue weighted by Gasteiger charge is 2.09. The Hall–Kier alpha value is -1.63. The summed E-state index contributed by atoms with van der Waals surface area (Å²) in [6, 6.07) is 6.19. The van der Waals surface area contributed by atoms with Crippen molar-refractivity contribution in [2.45, 2.75) is 25.9 Å². The molecule has 21 heavy (non-hydrogen) atoms. The molecular weight excluding hydrogens is 293 g/mol. The molecular formula is C14H22FN3O2S. The van der Waals surface area contributed by atoms with Crippen LogP contribution < -0.4 is 10.6 Å². The van der Waals surface area contributed by atoms with E-state index in [1.165, 1.54) is 18.4 Å². The number of benzene rings is 1. The van der Waals surface area contributed by atoms with Gasteiger partial charge in [-0.2, -0.15) is 0 Å². The van der Waals surface area contributed by atoms with Gasteiger partial charge in [0.05, 0.1) is 5.75 Å². The number of nitrogens with one attached hydrogen (secondary N) is 2. The normalized spacial score (nSPS) is 13.8. The third-order valence-electron chi connectivity index (χ3n) is 2.90. The maximum atomic E-state index is 12.8. The van der Waals surface area contributed by atoms with Crippen LogP contribution in [0, 0.1) is 5.82 Å². The first-order chi connectivity index (χ1) is 9.80. The Morgan fingerprint density at radius 3 is 2.48 bits per heavy atom. The highest BCUT2D eigenvalue weighted by molar-refractivity contribution is 7.90. The van der Waals surface area contributed by atoms with Gasteiger partial charge in [0.1, 0.15) is 15.7 Å². The minimum absolute atomic E-state index is 0.0147. The van der Waals surface area contributed by atoms with Gasteiger partial charge >= 0.3 is 0 Å². The van der Waals surface area contributed by atoms with Crippen molar-refractivity contribution in [1.29, 1.82) is 0 Å². The zero-order valence-corrected chi connectivity index (χ0v) is 13.4. The molecule has 0 heterocycles. The van der Waals surface area contributed by atoms with Crippen molar-refractivity contribution in [3.05, 3.63) is 35.6 Å². The van der Waals surface area contributed by atoms with E-state index in [0.29, 0.717) is 18.9 Å². The van der Waals surface area contributed by atoms with Crippen molar-refractivity contribution < 1.29 is 12.8 Å². The molecule has 0 spiro atoms. The lowest BCUT2D eigenvalue weighted by Gasteiger charge is -2.17. The minimum Gasteiger partial charge on any atom is -0.354 e. The highest BCUT2D eigenvalue weighted by atomic mass is 32.2. The number of sulfone groups is 1. The van der Waals surface area contributed by atoms with E-state index in [1.54, 1.807) is 19.2 Å². The van der Waals surface area contributed by atoms with E-state index in [1.807, 2.05) is 6.92 Å². The van der Waals surface area contributed by atoms with Gasteiger partial charge in [0.2, 0.25) is 0 Å². The van der Waals surface area contributed by atoms with Crippen LogP contribution in [0.15, 0.2) is 29.3 Å². The lowest BCUT2D eigenvalue weighted by atomic mass is 10.2. The summed E-state index contributed by atoms with van der Waals surface area (Å²) in [4.78, 5) is 4.08. The van der Waals surface area contributed by atoms with Crippen molar-refractivity contribution in [1.82, 2.24) is 10.6 Å².